The van der Waals surface area contributed by atoms with Crippen LogP contribution in [0.4, 0.5) is 11.5 Å². The molecule has 2 aromatic rings. The molecule has 0 aromatic carbocycles. The number of aryl methyl sites for hydroxylation is 1. The molecule has 0 aliphatic carbocycles. The van der Waals surface area contributed by atoms with Gasteiger partial charge in [-0.2, -0.15) is 4.98 Å². The third-order valence-electron chi connectivity index (χ3n) is 2.78. The van der Waals surface area contributed by atoms with E-state index in [0.717, 1.165) is 12.2 Å². The summed E-state index contributed by atoms with van der Waals surface area (Å²) in [5, 5.41) is 11.1. The van der Waals surface area contributed by atoms with Crippen LogP contribution in [0.1, 0.15) is 32.1 Å². The standard InChI is InChI=1S/C12H19N7O/c1-4-5-20-12-9(13)10(14-6-15-12)17-8(2)11-18-16-7-19(11)3/h6-8H,4-5,13H2,1-3H3,(H,14,15,17). The smallest absolute Gasteiger partial charge is 0.242 e. The molecule has 0 saturated carbocycles. The van der Waals surface area contributed by atoms with E-state index in [1.54, 1.807) is 6.33 Å². The van der Waals surface area contributed by atoms with E-state index in [1.807, 2.05) is 25.5 Å². The van der Waals surface area contributed by atoms with Gasteiger partial charge in [-0.1, -0.05) is 6.92 Å². The minimum atomic E-state index is -0.0845. The fourth-order valence-electron chi connectivity index (χ4n) is 1.76. The maximum atomic E-state index is 6.01. The molecule has 0 amide bonds. The van der Waals surface area contributed by atoms with Crippen molar-refractivity contribution in [2.75, 3.05) is 17.7 Å². The van der Waals surface area contributed by atoms with Gasteiger partial charge in [0.1, 0.15) is 18.3 Å². The zero-order valence-corrected chi connectivity index (χ0v) is 11.9. The molecule has 1 unspecified atom stereocenters. The van der Waals surface area contributed by atoms with Gasteiger partial charge in [0, 0.05) is 7.05 Å². The number of nitrogen functional groups attached to an aromatic ring is 1. The molecule has 0 spiro atoms. The van der Waals surface area contributed by atoms with E-state index in [2.05, 4.69) is 25.5 Å². The Kier molecular flexibility index (Phi) is 4.34. The third-order valence-corrected chi connectivity index (χ3v) is 2.78. The van der Waals surface area contributed by atoms with Crippen LogP contribution >= 0.6 is 0 Å². The highest BCUT2D eigenvalue weighted by Gasteiger charge is 2.15. The number of hydrogen-bond acceptors (Lipinski definition) is 7. The van der Waals surface area contributed by atoms with Crippen molar-refractivity contribution in [2.24, 2.45) is 7.05 Å². The lowest BCUT2D eigenvalue weighted by Gasteiger charge is -2.16. The first-order valence-corrected chi connectivity index (χ1v) is 6.47. The first kappa shape index (κ1) is 14.0. The van der Waals surface area contributed by atoms with Crippen LogP contribution < -0.4 is 15.8 Å². The van der Waals surface area contributed by atoms with Crippen LogP contribution in [-0.2, 0) is 7.05 Å². The average molecular weight is 277 g/mol. The van der Waals surface area contributed by atoms with Gasteiger partial charge >= 0.3 is 0 Å². The van der Waals surface area contributed by atoms with Gasteiger partial charge in [0.2, 0.25) is 5.88 Å². The molecule has 0 saturated heterocycles. The van der Waals surface area contributed by atoms with Crippen LogP contribution in [0, 0.1) is 0 Å². The second-order valence-corrected chi connectivity index (χ2v) is 4.46. The number of aromatic nitrogens is 5. The number of rotatable bonds is 6. The van der Waals surface area contributed by atoms with Gasteiger partial charge in [-0.25, -0.2) is 4.98 Å². The van der Waals surface area contributed by atoms with Gasteiger partial charge in [-0.3, -0.25) is 0 Å². The van der Waals surface area contributed by atoms with Crippen molar-refractivity contribution < 1.29 is 4.74 Å². The first-order chi connectivity index (χ1) is 9.63. The Morgan fingerprint density at radius 1 is 1.45 bits per heavy atom. The molecule has 1 atom stereocenters. The van der Waals surface area contributed by atoms with Crippen molar-refractivity contribution in [3.05, 3.63) is 18.5 Å². The fraction of sp³-hybridized carbons (Fsp3) is 0.500. The number of nitrogens with two attached hydrogens (primary N) is 1. The Morgan fingerprint density at radius 3 is 2.90 bits per heavy atom. The summed E-state index contributed by atoms with van der Waals surface area (Å²) in [5.74, 6) is 1.72. The van der Waals surface area contributed by atoms with Crippen molar-refractivity contribution in [2.45, 2.75) is 26.3 Å². The van der Waals surface area contributed by atoms with Crippen LogP contribution in [0.3, 0.4) is 0 Å². The molecule has 2 heterocycles. The van der Waals surface area contributed by atoms with Crippen LogP contribution in [0.5, 0.6) is 5.88 Å². The van der Waals surface area contributed by atoms with Crippen LogP contribution in [0.25, 0.3) is 0 Å². The van der Waals surface area contributed by atoms with Crippen LogP contribution in [-0.4, -0.2) is 31.3 Å². The zero-order chi connectivity index (χ0) is 14.5. The lowest BCUT2D eigenvalue weighted by Crippen LogP contribution is -2.15. The van der Waals surface area contributed by atoms with E-state index in [9.17, 15) is 0 Å². The lowest BCUT2D eigenvalue weighted by atomic mass is 10.3. The fourth-order valence-corrected chi connectivity index (χ4v) is 1.76. The Bertz CT molecular complexity index is 569. The van der Waals surface area contributed by atoms with E-state index in [-0.39, 0.29) is 6.04 Å². The SMILES string of the molecule is CCCOc1ncnc(NC(C)c2nncn2C)c1N. The van der Waals surface area contributed by atoms with Crippen molar-refractivity contribution in [3.8, 4) is 5.88 Å². The van der Waals surface area contributed by atoms with Gasteiger partial charge in [-0.05, 0) is 13.3 Å². The van der Waals surface area contributed by atoms with Gasteiger partial charge in [0.15, 0.2) is 11.6 Å². The normalized spacial score (nSPS) is 12.2. The van der Waals surface area contributed by atoms with Crippen molar-refractivity contribution in [1.29, 1.82) is 0 Å². The maximum absolute atomic E-state index is 6.01. The topological polar surface area (TPSA) is 104 Å². The summed E-state index contributed by atoms with van der Waals surface area (Å²) in [6, 6.07) is -0.0845. The summed E-state index contributed by atoms with van der Waals surface area (Å²) in [4.78, 5) is 8.17. The van der Waals surface area contributed by atoms with Crippen molar-refractivity contribution in [3.63, 3.8) is 0 Å². The van der Waals surface area contributed by atoms with Crippen LogP contribution in [0.15, 0.2) is 12.7 Å². The molecule has 8 heteroatoms. The Balaban J connectivity index is 2.15. The van der Waals surface area contributed by atoms with E-state index in [4.69, 9.17) is 10.5 Å². The molecule has 0 bridgehead atoms. The van der Waals surface area contributed by atoms with Crippen molar-refractivity contribution in [1.82, 2.24) is 24.7 Å². The van der Waals surface area contributed by atoms with E-state index >= 15 is 0 Å². The average Bonchev–Trinajstić information content (AvgIpc) is 2.86. The predicted octanol–water partition coefficient (Wildman–Crippen LogP) is 1.15. The molecule has 3 N–H and O–H groups in total. The second kappa shape index (κ2) is 6.18. The van der Waals surface area contributed by atoms with E-state index in [1.165, 1.54) is 6.33 Å². The highest BCUT2D eigenvalue weighted by atomic mass is 16.5. The largest absolute Gasteiger partial charge is 0.476 e. The third kappa shape index (κ3) is 2.95. The number of nitrogens with zero attached hydrogens (tertiary/aromatic N) is 5. The molecule has 8 nitrogen and oxygen atoms in total. The number of hydrogen-bond donors (Lipinski definition) is 2. The number of ether oxygens (including phenoxy) is 1. The van der Waals surface area contributed by atoms with Crippen LogP contribution in [0.2, 0.25) is 0 Å². The van der Waals surface area contributed by atoms with Gasteiger partial charge in [0.05, 0.1) is 12.6 Å². The molecule has 108 valence electrons. The zero-order valence-electron chi connectivity index (χ0n) is 11.9. The monoisotopic (exact) mass is 277 g/mol. The number of nitrogens with one attached hydrogen (secondary N) is 1. The maximum Gasteiger partial charge on any atom is 0.242 e. The first-order valence-electron chi connectivity index (χ1n) is 6.47. The minimum absolute atomic E-state index is 0.0845. The summed E-state index contributed by atoms with van der Waals surface area (Å²) in [5.41, 5.74) is 6.41. The molecule has 0 aliphatic rings. The summed E-state index contributed by atoms with van der Waals surface area (Å²) < 4.78 is 7.31. The Labute approximate surface area is 117 Å². The Hall–Kier alpha value is -2.38. The van der Waals surface area contributed by atoms with Crippen molar-refractivity contribution >= 4 is 11.5 Å². The molecule has 0 aliphatic heterocycles. The minimum Gasteiger partial charge on any atom is -0.476 e. The molecule has 0 radical (unpaired) electrons. The highest BCUT2D eigenvalue weighted by Crippen LogP contribution is 2.27. The summed E-state index contributed by atoms with van der Waals surface area (Å²) in [6.45, 7) is 4.55. The Morgan fingerprint density at radius 2 is 2.25 bits per heavy atom. The molecular formula is C12H19N7O. The second-order valence-electron chi connectivity index (χ2n) is 4.46. The molecule has 2 aromatic heterocycles. The van der Waals surface area contributed by atoms with Gasteiger partial charge < -0.3 is 20.4 Å². The van der Waals surface area contributed by atoms with E-state index in [0.29, 0.717) is 24.0 Å². The molecule has 2 rings (SSSR count). The number of anilines is 2. The molecule has 20 heavy (non-hydrogen) atoms. The summed E-state index contributed by atoms with van der Waals surface area (Å²) in [7, 11) is 1.88. The quantitative estimate of drug-likeness (QED) is 0.816. The van der Waals surface area contributed by atoms with Gasteiger partial charge in [-0.15, -0.1) is 10.2 Å². The lowest BCUT2D eigenvalue weighted by molar-refractivity contribution is 0.306. The van der Waals surface area contributed by atoms with Gasteiger partial charge in [0.25, 0.3) is 0 Å². The van der Waals surface area contributed by atoms with E-state index < -0.39 is 0 Å². The summed E-state index contributed by atoms with van der Waals surface area (Å²) in [6.07, 6.45) is 3.96. The highest BCUT2D eigenvalue weighted by molar-refractivity contribution is 5.66. The molecular weight excluding hydrogens is 258 g/mol. The summed E-state index contributed by atoms with van der Waals surface area (Å²) >= 11 is 0. The molecule has 0 fully saturated rings. The predicted molar refractivity (Wildman–Crippen MR) is 75.3 cm³/mol.